The van der Waals surface area contributed by atoms with Crippen molar-refractivity contribution in [2.45, 2.75) is 25.9 Å². The van der Waals surface area contributed by atoms with E-state index >= 15 is 0 Å². The van der Waals surface area contributed by atoms with Crippen LogP contribution in [-0.2, 0) is 9.53 Å². The minimum absolute atomic E-state index is 0.126. The fourth-order valence-electron chi connectivity index (χ4n) is 1.61. The highest BCUT2D eigenvalue weighted by Gasteiger charge is 2.22. The molecule has 1 unspecified atom stereocenters. The van der Waals surface area contributed by atoms with Gasteiger partial charge in [-0.05, 0) is 19.8 Å². The third-order valence-electron chi connectivity index (χ3n) is 2.37. The minimum Gasteiger partial charge on any atom is -0.465 e. The molecule has 0 aliphatic carbocycles. The van der Waals surface area contributed by atoms with Crippen LogP contribution in [0.15, 0.2) is 0 Å². The largest absolute Gasteiger partial charge is 0.465 e. The van der Waals surface area contributed by atoms with Gasteiger partial charge in [0, 0.05) is 13.1 Å². The predicted molar refractivity (Wildman–Crippen MR) is 56.8 cm³/mol. The number of urea groups is 1. The molecule has 92 valence electrons. The topological polar surface area (TPSA) is 78.9 Å². The molecule has 6 heteroatoms. The molecule has 1 heterocycles. The monoisotopic (exact) mass is 230 g/mol. The van der Waals surface area contributed by atoms with Crippen molar-refractivity contribution < 1.29 is 19.4 Å². The van der Waals surface area contributed by atoms with E-state index in [1.807, 2.05) is 0 Å². The first-order chi connectivity index (χ1) is 7.63. The standard InChI is InChI=1S/C10H18N2O4/c1-2-16-9(14)6-11-10(15)12-5-3-4-8(13)7-12/h8,13H,2-7H2,1H3,(H,11,15). The SMILES string of the molecule is CCOC(=O)CNC(=O)N1CCCC(O)C1. The average Bonchev–Trinajstić information content (AvgIpc) is 2.26. The van der Waals surface area contributed by atoms with Gasteiger partial charge < -0.3 is 20.1 Å². The van der Waals surface area contributed by atoms with Gasteiger partial charge in [0.15, 0.2) is 0 Å². The van der Waals surface area contributed by atoms with Gasteiger partial charge in [0.1, 0.15) is 6.54 Å². The number of amides is 2. The quantitative estimate of drug-likeness (QED) is 0.653. The maximum atomic E-state index is 11.5. The van der Waals surface area contributed by atoms with Crippen molar-refractivity contribution in [3.8, 4) is 0 Å². The van der Waals surface area contributed by atoms with E-state index in [-0.39, 0.29) is 12.6 Å². The second-order valence-corrected chi connectivity index (χ2v) is 3.71. The number of nitrogens with zero attached hydrogens (tertiary/aromatic N) is 1. The fraction of sp³-hybridized carbons (Fsp3) is 0.800. The Morgan fingerprint density at radius 3 is 2.94 bits per heavy atom. The summed E-state index contributed by atoms with van der Waals surface area (Å²) in [5, 5.41) is 11.8. The normalized spacial score (nSPS) is 20.4. The molecule has 0 radical (unpaired) electrons. The Morgan fingerprint density at radius 1 is 1.56 bits per heavy atom. The highest BCUT2D eigenvalue weighted by Crippen LogP contribution is 2.09. The van der Waals surface area contributed by atoms with Crippen LogP contribution < -0.4 is 5.32 Å². The molecule has 0 bridgehead atoms. The van der Waals surface area contributed by atoms with Crippen LogP contribution in [0.25, 0.3) is 0 Å². The number of esters is 1. The zero-order valence-electron chi connectivity index (χ0n) is 9.44. The minimum atomic E-state index is -0.456. The summed E-state index contributed by atoms with van der Waals surface area (Å²) >= 11 is 0. The van der Waals surface area contributed by atoms with Crippen LogP contribution in [-0.4, -0.2) is 54.4 Å². The van der Waals surface area contributed by atoms with E-state index in [0.717, 1.165) is 12.8 Å². The number of ether oxygens (including phenoxy) is 1. The maximum Gasteiger partial charge on any atom is 0.325 e. The van der Waals surface area contributed by atoms with E-state index in [2.05, 4.69) is 10.1 Å². The van der Waals surface area contributed by atoms with Crippen molar-refractivity contribution >= 4 is 12.0 Å². The number of carbonyl (C=O) groups excluding carboxylic acids is 2. The molecule has 16 heavy (non-hydrogen) atoms. The molecule has 1 aliphatic heterocycles. The molecule has 6 nitrogen and oxygen atoms in total. The number of aliphatic hydroxyl groups excluding tert-OH is 1. The number of carbonyl (C=O) groups is 2. The molecule has 0 aromatic rings. The average molecular weight is 230 g/mol. The van der Waals surface area contributed by atoms with Crippen molar-refractivity contribution in [1.29, 1.82) is 0 Å². The van der Waals surface area contributed by atoms with Crippen molar-refractivity contribution in [2.24, 2.45) is 0 Å². The van der Waals surface area contributed by atoms with Gasteiger partial charge in [-0.3, -0.25) is 4.79 Å². The molecule has 0 saturated carbocycles. The smallest absolute Gasteiger partial charge is 0.325 e. The Morgan fingerprint density at radius 2 is 2.31 bits per heavy atom. The molecule has 0 spiro atoms. The number of hydrogen-bond acceptors (Lipinski definition) is 4. The van der Waals surface area contributed by atoms with Crippen LogP contribution in [0.3, 0.4) is 0 Å². The molecule has 1 fully saturated rings. The van der Waals surface area contributed by atoms with Crippen LogP contribution in [0.5, 0.6) is 0 Å². The first-order valence-electron chi connectivity index (χ1n) is 5.50. The molecule has 2 N–H and O–H groups in total. The van der Waals surface area contributed by atoms with Crippen LogP contribution in [0, 0.1) is 0 Å². The van der Waals surface area contributed by atoms with E-state index in [1.165, 1.54) is 4.90 Å². The summed E-state index contributed by atoms with van der Waals surface area (Å²) in [5.41, 5.74) is 0. The lowest BCUT2D eigenvalue weighted by Crippen LogP contribution is -2.48. The molecule has 0 aromatic carbocycles. The number of rotatable bonds is 3. The second kappa shape index (κ2) is 6.32. The van der Waals surface area contributed by atoms with Gasteiger partial charge in [-0.15, -0.1) is 0 Å². The van der Waals surface area contributed by atoms with Crippen molar-refractivity contribution in [3.63, 3.8) is 0 Å². The highest BCUT2D eigenvalue weighted by atomic mass is 16.5. The number of aliphatic hydroxyl groups is 1. The summed E-state index contributed by atoms with van der Waals surface area (Å²) in [6.07, 6.45) is 1.05. The van der Waals surface area contributed by atoms with Gasteiger partial charge in [0.25, 0.3) is 0 Å². The molecule has 1 saturated heterocycles. The van der Waals surface area contributed by atoms with E-state index in [1.54, 1.807) is 6.92 Å². The first kappa shape index (κ1) is 12.8. The van der Waals surface area contributed by atoms with Gasteiger partial charge >= 0.3 is 12.0 Å². The lowest BCUT2D eigenvalue weighted by Gasteiger charge is -2.29. The maximum absolute atomic E-state index is 11.5. The van der Waals surface area contributed by atoms with Crippen LogP contribution >= 0.6 is 0 Å². The van der Waals surface area contributed by atoms with Gasteiger partial charge in [-0.25, -0.2) is 4.79 Å². The zero-order valence-corrected chi connectivity index (χ0v) is 9.44. The highest BCUT2D eigenvalue weighted by molar-refractivity contribution is 5.80. The van der Waals surface area contributed by atoms with E-state index < -0.39 is 12.1 Å². The zero-order chi connectivity index (χ0) is 12.0. The van der Waals surface area contributed by atoms with Crippen LogP contribution in [0.1, 0.15) is 19.8 Å². The Hall–Kier alpha value is -1.30. The van der Waals surface area contributed by atoms with Crippen molar-refractivity contribution in [3.05, 3.63) is 0 Å². The van der Waals surface area contributed by atoms with E-state index in [0.29, 0.717) is 19.7 Å². The van der Waals surface area contributed by atoms with E-state index in [9.17, 15) is 14.7 Å². The molecule has 0 aromatic heterocycles. The van der Waals surface area contributed by atoms with Crippen LogP contribution in [0.2, 0.25) is 0 Å². The predicted octanol–water partition coefficient (Wildman–Crippen LogP) is -0.284. The second-order valence-electron chi connectivity index (χ2n) is 3.71. The van der Waals surface area contributed by atoms with Crippen LogP contribution in [0.4, 0.5) is 4.79 Å². The first-order valence-corrected chi connectivity index (χ1v) is 5.50. The third kappa shape index (κ3) is 4.06. The van der Waals surface area contributed by atoms with Crippen molar-refractivity contribution in [1.82, 2.24) is 10.2 Å². The van der Waals surface area contributed by atoms with Gasteiger partial charge in [0.2, 0.25) is 0 Å². The summed E-state index contributed by atoms with van der Waals surface area (Å²) in [6, 6.07) is -0.327. The Kier molecular flexibility index (Phi) is 5.04. The number of β-amino-alcohol motifs (C(OH)–C–C–N with tert-alkyl or cyclic N) is 1. The number of likely N-dealkylation sites (tertiary alicyclic amines) is 1. The summed E-state index contributed by atoms with van der Waals surface area (Å²) in [6.45, 7) is 2.83. The van der Waals surface area contributed by atoms with Gasteiger partial charge in [0.05, 0.1) is 12.7 Å². The molecule has 1 rings (SSSR count). The fourth-order valence-corrected chi connectivity index (χ4v) is 1.61. The molecule has 1 aliphatic rings. The number of hydrogen-bond donors (Lipinski definition) is 2. The summed E-state index contributed by atoms with van der Waals surface area (Å²) in [7, 11) is 0. The molecular weight excluding hydrogens is 212 g/mol. The number of nitrogens with one attached hydrogen (secondary N) is 1. The number of piperidine rings is 1. The Balaban J connectivity index is 2.26. The van der Waals surface area contributed by atoms with Gasteiger partial charge in [-0.2, -0.15) is 0 Å². The van der Waals surface area contributed by atoms with E-state index in [4.69, 9.17) is 0 Å². The summed E-state index contributed by atoms with van der Waals surface area (Å²) in [4.78, 5) is 24.0. The Labute approximate surface area is 94.6 Å². The Bertz CT molecular complexity index is 257. The lowest BCUT2D eigenvalue weighted by atomic mass is 10.1. The third-order valence-corrected chi connectivity index (χ3v) is 2.37. The molecule has 2 amide bonds. The molecule has 1 atom stereocenters. The summed E-state index contributed by atoms with van der Waals surface area (Å²) < 4.78 is 4.68. The van der Waals surface area contributed by atoms with Crippen molar-refractivity contribution in [2.75, 3.05) is 26.2 Å². The van der Waals surface area contributed by atoms with Gasteiger partial charge in [-0.1, -0.05) is 0 Å². The molecular formula is C10H18N2O4. The lowest BCUT2D eigenvalue weighted by molar-refractivity contribution is -0.141. The summed E-state index contributed by atoms with van der Waals surface area (Å²) in [5.74, 6) is -0.451.